The summed E-state index contributed by atoms with van der Waals surface area (Å²) in [5, 5.41) is 3.18. The number of nitrogens with zero attached hydrogens (tertiary/aromatic N) is 6. The fourth-order valence-electron chi connectivity index (χ4n) is 4.73. The number of para-hydroxylation sites is 2. The van der Waals surface area contributed by atoms with Gasteiger partial charge in [0.1, 0.15) is 5.82 Å². The summed E-state index contributed by atoms with van der Waals surface area (Å²) in [6.45, 7) is 6.21. The molecule has 4 heterocycles. The summed E-state index contributed by atoms with van der Waals surface area (Å²) >= 11 is 0. The number of imidazole rings is 1. The van der Waals surface area contributed by atoms with Gasteiger partial charge in [-0.15, -0.1) is 0 Å². The molecule has 5 rings (SSSR count). The molecule has 0 radical (unpaired) electrons. The average Bonchev–Trinajstić information content (AvgIpc) is 3.18. The van der Waals surface area contributed by atoms with Crippen molar-refractivity contribution in [2.75, 3.05) is 62.7 Å². The number of fused-ring (bicyclic) bond motifs is 1. The van der Waals surface area contributed by atoms with Crippen molar-refractivity contribution >= 4 is 22.8 Å². The Morgan fingerprint density at radius 3 is 2.84 bits per heavy atom. The fraction of sp³-hybridized carbons (Fsp3) is 0.522. The number of rotatable bonds is 6. The van der Waals surface area contributed by atoms with Gasteiger partial charge in [-0.1, -0.05) is 12.1 Å². The normalized spacial score (nSPS) is 20.1. The first kappa shape index (κ1) is 21.1. The highest BCUT2D eigenvalue weighted by molar-refractivity contribution is 5.75. The van der Waals surface area contributed by atoms with E-state index in [0.717, 1.165) is 56.9 Å². The van der Waals surface area contributed by atoms with Crippen molar-refractivity contribution in [3.05, 3.63) is 42.1 Å². The molecule has 1 N–H and O–H groups in total. The second-order valence-corrected chi connectivity index (χ2v) is 8.55. The highest BCUT2D eigenvalue weighted by Gasteiger charge is 2.25. The van der Waals surface area contributed by atoms with Gasteiger partial charge in [-0.2, -0.15) is 4.98 Å². The van der Waals surface area contributed by atoms with Crippen LogP contribution >= 0.6 is 0 Å². The SMILES string of the molecule is Cn1c(C2CCCN(CCNc3nc(N4CCOCC4)ncc3F)C2)nc2ccccc21. The number of likely N-dealkylation sites (tertiary alicyclic amines) is 1. The predicted octanol–water partition coefficient (Wildman–Crippen LogP) is 2.63. The molecule has 1 atom stereocenters. The third-order valence-electron chi connectivity index (χ3n) is 6.44. The number of hydrogen-bond donors (Lipinski definition) is 1. The van der Waals surface area contributed by atoms with Crippen LogP contribution in [-0.2, 0) is 11.8 Å². The van der Waals surface area contributed by atoms with Gasteiger partial charge in [-0.05, 0) is 31.5 Å². The molecule has 2 aliphatic heterocycles. The minimum Gasteiger partial charge on any atom is -0.378 e. The van der Waals surface area contributed by atoms with Gasteiger partial charge in [0, 0.05) is 45.7 Å². The molecule has 2 aromatic heterocycles. The Bertz CT molecular complexity index is 1070. The summed E-state index contributed by atoms with van der Waals surface area (Å²) in [5.41, 5.74) is 2.23. The largest absolute Gasteiger partial charge is 0.378 e. The van der Waals surface area contributed by atoms with Crippen LogP contribution in [0.4, 0.5) is 16.2 Å². The standard InChI is InChI=1S/C23H30FN7O/c1-29-20-7-3-2-6-19(20)27-22(29)17-5-4-9-30(16-17)10-8-25-21-18(24)15-26-23(28-21)31-11-13-32-14-12-31/h2-3,6-7,15,17H,4-5,8-14,16H2,1H3,(H,25,26,28). The second-order valence-electron chi connectivity index (χ2n) is 8.55. The number of aryl methyl sites for hydroxylation is 1. The van der Waals surface area contributed by atoms with Gasteiger partial charge in [0.05, 0.1) is 30.4 Å². The van der Waals surface area contributed by atoms with Gasteiger partial charge in [-0.25, -0.2) is 14.4 Å². The van der Waals surface area contributed by atoms with E-state index in [4.69, 9.17) is 9.72 Å². The van der Waals surface area contributed by atoms with Crippen molar-refractivity contribution in [2.24, 2.45) is 7.05 Å². The first-order valence-corrected chi connectivity index (χ1v) is 11.4. The first-order chi connectivity index (χ1) is 15.7. The molecule has 1 aromatic carbocycles. The van der Waals surface area contributed by atoms with E-state index in [1.807, 2.05) is 11.0 Å². The quantitative estimate of drug-likeness (QED) is 0.633. The minimum atomic E-state index is -0.418. The van der Waals surface area contributed by atoms with Crippen LogP contribution in [-0.4, -0.2) is 76.9 Å². The molecule has 2 aliphatic rings. The Labute approximate surface area is 187 Å². The van der Waals surface area contributed by atoms with Crippen molar-refractivity contribution in [2.45, 2.75) is 18.8 Å². The maximum Gasteiger partial charge on any atom is 0.227 e. The van der Waals surface area contributed by atoms with Crippen molar-refractivity contribution < 1.29 is 9.13 Å². The third-order valence-corrected chi connectivity index (χ3v) is 6.44. The number of hydrogen-bond acceptors (Lipinski definition) is 7. The van der Waals surface area contributed by atoms with E-state index in [0.29, 0.717) is 31.6 Å². The summed E-state index contributed by atoms with van der Waals surface area (Å²) in [6.07, 6.45) is 3.53. The van der Waals surface area contributed by atoms with E-state index in [9.17, 15) is 4.39 Å². The zero-order chi connectivity index (χ0) is 21.9. The third kappa shape index (κ3) is 4.40. The lowest BCUT2D eigenvalue weighted by molar-refractivity contribution is 0.122. The molecule has 2 fully saturated rings. The molecule has 8 nitrogen and oxygen atoms in total. The average molecular weight is 440 g/mol. The van der Waals surface area contributed by atoms with Gasteiger partial charge in [0.2, 0.25) is 5.95 Å². The topological polar surface area (TPSA) is 71.3 Å². The van der Waals surface area contributed by atoms with Gasteiger partial charge in [0.15, 0.2) is 11.6 Å². The number of benzene rings is 1. The Morgan fingerprint density at radius 2 is 2.00 bits per heavy atom. The molecule has 1 unspecified atom stereocenters. The number of piperidine rings is 1. The van der Waals surface area contributed by atoms with Gasteiger partial charge in [-0.3, -0.25) is 0 Å². The lowest BCUT2D eigenvalue weighted by Crippen LogP contribution is -2.38. The van der Waals surface area contributed by atoms with Crippen molar-refractivity contribution in [3.63, 3.8) is 0 Å². The molecule has 9 heteroatoms. The Morgan fingerprint density at radius 1 is 1.16 bits per heavy atom. The Kier molecular flexibility index (Phi) is 6.18. The van der Waals surface area contributed by atoms with Crippen molar-refractivity contribution in [3.8, 4) is 0 Å². The first-order valence-electron chi connectivity index (χ1n) is 11.4. The minimum absolute atomic E-state index is 0.269. The maximum absolute atomic E-state index is 14.3. The maximum atomic E-state index is 14.3. The highest BCUT2D eigenvalue weighted by atomic mass is 19.1. The number of halogens is 1. The van der Waals surface area contributed by atoms with Crippen LogP contribution in [0.1, 0.15) is 24.6 Å². The molecule has 32 heavy (non-hydrogen) atoms. The van der Waals surface area contributed by atoms with E-state index in [-0.39, 0.29) is 5.82 Å². The second kappa shape index (κ2) is 9.38. The smallest absolute Gasteiger partial charge is 0.227 e. The van der Waals surface area contributed by atoms with Crippen LogP contribution in [0, 0.1) is 5.82 Å². The number of ether oxygens (including phenoxy) is 1. The number of anilines is 2. The summed E-state index contributed by atoms with van der Waals surface area (Å²) in [6, 6.07) is 8.29. The molecule has 0 spiro atoms. The van der Waals surface area contributed by atoms with E-state index < -0.39 is 5.82 Å². The van der Waals surface area contributed by atoms with Crippen LogP contribution < -0.4 is 10.2 Å². The number of aromatic nitrogens is 4. The molecule has 0 bridgehead atoms. The lowest BCUT2D eigenvalue weighted by atomic mass is 9.97. The summed E-state index contributed by atoms with van der Waals surface area (Å²) in [7, 11) is 2.11. The molecule has 0 saturated carbocycles. The van der Waals surface area contributed by atoms with E-state index in [2.05, 4.69) is 50.0 Å². The molecule has 0 aliphatic carbocycles. The molecule has 170 valence electrons. The lowest BCUT2D eigenvalue weighted by Gasteiger charge is -2.32. The Hall–Kier alpha value is -2.78. The zero-order valence-electron chi connectivity index (χ0n) is 18.5. The van der Waals surface area contributed by atoms with E-state index in [1.165, 1.54) is 11.7 Å². The van der Waals surface area contributed by atoms with E-state index in [1.54, 1.807) is 0 Å². The molecule has 3 aromatic rings. The van der Waals surface area contributed by atoms with E-state index >= 15 is 0 Å². The summed E-state index contributed by atoms with van der Waals surface area (Å²) < 4.78 is 21.9. The van der Waals surface area contributed by atoms with Crippen molar-refractivity contribution in [1.29, 1.82) is 0 Å². The number of nitrogens with one attached hydrogen (secondary N) is 1. The monoisotopic (exact) mass is 439 g/mol. The molecule has 2 saturated heterocycles. The molecular formula is C23H30FN7O. The van der Waals surface area contributed by atoms with Crippen LogP contribution in [0.3, 0.4) is 0 Å². The van der Waals surface area contributed by atoms with Crippen LogP contribution in [0.5, 0.6) is 0 Å². The van der Waals surface area contributed by atoms with Crippen LogP contribution in [0.2, 0.25) is 0 Å². The molecule has 0 amide bonds. The van der Waals surface area contributed by atoms with Crippen molar-refractivity contribution in [1.82, 2.24) is 24.4 Å². The van der Waals surface area contributed by atoms with Gasteiger partial charge in [0.25, 0.3) is 0 Å². The Balaban J connectivity index is 1.19. The number of morpholine rings is 1. The predicted molar refractivity (Wildman–Crippen MR) is 123 cm³/mol. The summed E-state index contributed by atoms with van der Waals surface area (Å²) in [5.74, 6) is 1.96. The zero-order valence-corrected chi connectivity index (χ0v) is 18.5. The van der Waals surface area contributed by atoms with Crippen LogP contribution in [0.15, 0.2) is 30.5 Å². The van der Waals surface area contributed by atoms with Crippen LogP contribution in [0.25, 0.3) is 11.0 Å². The fourth-order valence-corrected chi connectivity index (χ4v) is 4.73. The highest BCUT2D eigenvalue weighted by Crippen LogP contribution is 2.28. The summed E-state index contributed by atoms with van der Waals surface area (Å²) in [4.78, 5) is 17.9. The molecular weight excluding hydrogens is 409 g/mol. The van der Waals surface area contributed by atoms with Gasteiger partial charge < -0.3 is 24.4 Å². The van der Waals surface area contributed by atoms with Gasteiger partial charge >= 0.3 is 0 Å².